The van der Waals surface area contributed by atoms with E-state index in [9.17, 15) is 9.18 Å². The number of amides is 1. The Labute approximate surface area is 144 Å². The third-order valence-corrected chi connectivity index (χ3v) is 4.92. The van der Waals surface area contributed by atoms with Gasteiger partial charge < -0.3 is 15.4 Å². The summed E-state index contributed by atoms with van der Waals surface area (Å²) in [6.07, 6.45) is 1.05. The summed E-state index contributed by atoms with van der Waals surface area (Å²) >= 11 is 1.46. The van der Waals surface area contributed by atoms with Crippen LogP contribution in [0.25, 0.3) is 0 Å². The number of halogens is 1. The van der Waals surface area contributed by atoms with Gasteiger partial charge in [0.05, 0.1) is 18.9 Å². The van der Waals surface area contributed by atoms with Crippen LogP contribution < -0.4 is 10.6 Å². The minimum absolute atomic E-state index is 0.0542. The Morgan fingerprint density at radius 3 is 2.96 bits per heavy atom. The molecule has 1 atom stereocenters. The maximum absolute atomic E-state index is 13.0. The summed E-state index contributed by atoms with van der Waals surface area (Å²) in [4.78, 5) is 17.6. The third-order valence-electron chi connectivity index (χ3n) is 3.85. The summed E-state index contributed by atoms with van der Waals surface area (Å²) in [5.74, 6) is -0.312. The maximum atomic E-state index is 13.0. The summed E-state index contributed by atoms with van der Waals surface area (Å²) in [5, 5.41) is 6.72. The highest BCUT2D eigenvalue weighted by molar-refractivity contribution is 7.15. The van der Waals surface area contributed by atoms with E-state index in [-0.39, 0.29) is 17.8 Å². The lowest BCUT2D eigenvalue weighted by Gasteiger charge is -2.22. The Bertz CT molecular complexity index is 696. The molecule has 7 heteroatoms. The van der Waals surface area contributed by atoms with Gasteiger partial charge in [-0.15, -0.1) is 11.3 Å². The van der Waals surface area contributed by atoms with E-state index in [4.69, 9.17) is 4.74 Å². The van der Waals surface area contributed by atoms with Gasteiger partial charge in [-0.25, -0.2) is 9.37 Å². The topological polar surface area (TPSA) is 63.2 Å². The van der Waals surface area contributed by atoms with Crippen LogP contribution in [0.3, 0.4) is 0 Å². The number of carbonyl (C=O) groups excluding carboxylic acids is 1. The van der Waals surface area contributed by atoms with E-state index in [1.807, 2.05) is 6.92 Å². The fraction of sp³-hybridized carbons (Fsp3) is 0.412. The lowest BCUT2D eigenvalue weighted by molar-refractivity contribution is -0.117. The lowest BCUT2D eigenvalue weighted by atomic mass is 10.1. The molecule has 24 heavy (non-hydrogen) atoms. The number of hydrogen-bond acceptors (Lipinski definition) is 5. The number of morpholine rings is 1. The van der Waals surface area contributed by atoms with Crippen LogP contribution in [-0.2, 0) is 16.0 Å². The van der Waals surface area contributed by atoms with Gasteiger partial charge in [-0.1, -0.05) is 12.1 Å². The molecule has 1 amide bonds. The van der Waals surface area contributed by atoms with Crippen LogP contribution >= 0.6 is 11.3 Å². The predicted molar refractivity (Wildman–Crippen MR) is 91.9 cm³/mol. The highest BCUT2D eigenvalue weighted by Crippen LogP contribution is 2.25. The van der Waals surface area contributed by atoms with Crippen LogP contribution in [0.4, 0.5) is 9.52 Å². The van der Waals surface area contributed by atoms with Crippen molar-refractivity contribution in [3.05, 3.63) is 46.2 Å². The smallest absolute Gasteiger partial charge is 0.227 e. The first kappa shape index (κ1) is 17.0. The van der Waals surface area contributed by atoms with Crippen LogP contribution in [0.5, 0.6) is 0 Å². The molecular weight excluding hydrogens is 329 g/mol. The molecule has 1 fully saturated rings. The molecule has 128 valence electrons. The molecule has 1 aromatic heterocycles. The minimum atomic E-state index is -0.243. The van der Waals surface area contributed by atoms with Gasteiger partial charge >= 0.3 is 0 Å². The van der Waals surface area contributed by atoms with Crippen LogP contribution in [0.2, 0.25) is 0 Å². The van der Waals surface area contributed by atoms with E-state index in [0.29, 0.717) is 31.2 Å². The number of nitrogens with one attached hydrogen (secondary N) is 2. The van der Waals surface area contributed by atoms with Crippen molar-refractivity contribution in [2.75, 3.05) is 25.1 Å². The molecule has 0 radical (unpaired) electrons. The Hall–Kier alpha value is -1.83. The SMILES string of the molecule is Cc1nc(NC(=O)CC2COCCN2)sc1Cc1ccc(F)cc1. The van der Waals surface area contributed by atoms with Gasteiger partial charge in [0.15, 0.2) is 5.13 Å². The first-order valence-corrected chi connectivity index (χ1v) is 8.73. The molecular formula is C17H20FN3O2S. The van der Waals surface area contributed by atoms with Crippen molar-refractivity contribution in [3.8, 4) is 0 Å². The number of aryl methyl sites for hydroxylation is 1. The summed E-state index contributed by atoms with van der Waals surface area (Å²) in [6, 6.07) is 6.49. The zero-order valence-electron chi connectivity index (χ0n) is 13.5. The number of ether oxygens (including phenoxy) is 1. The van der Waals surface area contributed by atoms with E-state index >= 15 is 0 Å². The summed E-state index contributed by atoms with van der Waals surface area (Å²) < 4.78 is 18.3. The maximum Gasteiger partial charge on any atom is 0.227 e. The van der Waals surface area contributed by atoms with Crippen molar-refractivity contribution in [1.82, 2.24) is 10.3 Å². The van der Waals surface area contributed by atoms with Gasteiger partial charge in [-0.05, 0) is 24.6 Å². The second kappa shape index (κ2) is 7.83. The van der Waals surface area contributed by atoms with Crippen molar-refractivity contribution in [3.63, 3.8) is 0 Å². The normalized spacial score (nSPS) is 17.7. The van der Waals surface area contributed by atoms with Crippen LogP contribution in [0.1, 0.15) is 22.6 Å². The fourth-order valence-electron chi connectivity index (χ4n) is 2.58. The van der Waals surface area contributed by atoms with E-state index in [0.717, 1.165) is 22.7 Å². The number of thiazole rings is 1. The zero-order valence-corrected chi connectivity index (χ0v) is 14.3. The molecule has 0 spiro atoms. The predicted octanol–water partition coefficient (Wildman–Crippen LogP) is 2.50. The zero-order chi connectivity index (χ0) is 16.9. The van der Waals surface area contributed by atoms with E-state index in [2.05, 4.69) is 15.6 Å². The van der Waals surface area contributed by atoms with Gasteiger partial charge in [0, 0.05) is 30.3 Å². The van der Waals surface area contributed by atoms with Crippen molar-refractivity contribution < 1.29 is 13.9 Å². The van der Waals surface area contributed by atoms with Gasteiger partial charge in [-0.3, -0.25) is 4.79 Å². The van der Waals surface area contributed by atoms with Crippen LogP contribution in [0.15, 0.2) is 24.3 Å². The highest BCUT2D eigenvalue weighted by atomic mass is 32.1. The molecule has 0 aliphatic carbocycles. The summed E-state index contributed by atoms with van der Waals surface area (Å²) in [7, 11) is 0. The van der Waals surface area contributed by atoms with E-state index < -0.39 is 0 Å². The molecule has 1 aliphatic rings. The quantitative estimate of drug-likeness (QED) is 0.871. The molecule has 5 nitrogen and oxygen atoms in total. The molecule has 3 rings (SSSR count). The Morgan fingerprint density at radius 2 is 2.25 bits per heavy atom. The van der Waals surface area contributed by atoms with Gasteiger partial charge in [0.1, 0.15) is 5.82 Å². The largest absolute Gasteiger partial charge is 0.378 e. The first-order valence-electron chi connectivity index (χ1n) is 7.92. The molecule has 1 aliphatic heterocycles. The summed E-state index contributed by atoms with van der Waals surface area (Å²) in [6.45, 7) is 3.94. The van der Waals surface area contributed by atoms with Gasteiger partial charge in [0.2, 0.25) is 5.91 Å². The van der Waals surface area contributed by atoms with E-state index in [1.165, 1.54) is 23.5 Å². The number of anilines is 1. The number of aromatic nitrogens is 1. The number of carbonyl (C=O) groups is 1. The molecule has 0 bridgehead atoms. The van der Waals surface area contributed by atoms with Crippen molar-refractivity contribution >= 4 is 22.4 Å². The van der Waals surface area contributed by atoms with E-state index in [1.54, 1.807) is 12.1 Å². The average molecular weight is 349 g/mol. The number of benzene rings is 1. The molecule has 1 saturated heterocycles. The molecule has 2 N–H and O–H groups in total. The van der Waals surface area contributed by atoms with Crippen molar-refractivity contribution in [2.45, 2.75) is 25.8 Å². The van der Waals surface area contributed by atoms with Crippen LogP contribution in [0, 0.1) is 12.7 Å². The Balaban J connectivity index is 1.58. The fourth-order valence-corrected chi connectivity index (χ4v) is 3.59. The first-order chi connectivity index (χ1) is 11.6. The molecule has 1 aromatic carbocycles. The third kappa shape index (κ3) is 4.59. The Morgan fingerprint density at radius 1 is 1.46 bits per heavy atom. The van der Waals surface area contributed by atoms with Gasteiger partial charge in [0.25, 0.3) is 0 Å². The summed E-state index contributed by atoms with van der Waals surface area (Å²) in [5.41, 5.74) is 1.91. The average Bonchev–Trinajstić information content (AvgIpc) is 2.89. The monoisotopic (exact) mass is 349 g/mol. The lowest BCUT2D eigenvalue weighted by Crippen LogP contribution is -2.43. The number of hydrogen-bond donors (Lipinski definition) is 2. The Kier molecular flexibility index (Phi) is 5.55. The number of rotatable bonds is 5. The molecule has 2 aromatic rings. The van der Waals surface area contributed by atoms with Crippen molar-refractivity contribution in [1.29, 1.82) is 0 Å². The minimum Gasteiger partial charge on any atom is -0.378 e. The molecule has 2 heterocycles. The molecule has 1 unspecified atom stereocenters. The molecule has 0 saturated carbocycles. The standard InChI is InChI=1S/C17H20FN3O2S/c1-11-15(8-12-2-4-13(18)5-3-12)24-17(20-11)21-16(22)9-14-10-23-7-6-19-14/h2-5,14,19H,6-10H2,1H3,(H,20,21,22). The van der Waals surface area contributed by atoms with Crippen LogP contribution in [-0.4, -0.2) is 36.7 Å². The second-order valence-corrected chi connectivity index (χ2v) is 6.89. The van der Waals surface area contributed by atoms with Crippen molar-refractivity contribution in [2.24, 2.45) is 0 Å². The number of nitrogens with zero attached hydrogens (tertiary/aromatic N) is 1. The second-order valence-electron chi connectivity index (χ2n) is 5.81. The van der Waals surface area contributed by atoms with Gasteiger partial charge in [-0.2, -0.15) is 0 Å². The highest BCUT2D eigenvalue weighted by Gasteiger charge is 2.18.